The Morgan fingerprint density at radius 1 is 1.06 bits per heavy atom. The second kappa shape index (κ2) is 9.02. The Morgan fingerprint density at radius 2 is 1.59 bits per heavy atom. The molecule has 0 spiro atoms. The topological polar surface area (TPSA) is 108 Å². The molecule has 2 amide bonds. The summed E-state index contributed by atoms with van der Waals surface area (Å²) < 4.78 is 21.7. The number of fused-ring (bicyclic) bond motifs is 1. The number of ether oxygens (including phenoxy) is 3. The molecule has 0 aliphatic heterocycles. The average Bonchev–Trinajstić information content (AvgIpc) is 2.96. The van der Waals surface area contributed by atoms with Gasteiger partial charge in [0.05, 0.1) is 6.61 Å². The summed E-state index contributed by atoms with van der Waals surface area (Å²) in [6.07, 6.45) is -0.634. The highest BCUT2D eigenvalue weighted by atomic mass is 16.6. The van der Waals surface area contributed by atoms with Crippen LogP contribution in [-0.4, -0.2) is 40.9 Å². The Hall–Kier alpha value is -3.36. The Labute approximate surface area is 187 Å². The zero-order valence-electron chi connectivity index (χ0n) is 19.8. The number of aromatic nitrogens is 1. The lowest BCUT2D eigenvalue weighted by molar-refractivity contribution is 0.0422. The quantitative estimate of drug-likeness (QED) is 0.434. The van der Waals surface area contributed by atoms with Gasteiger partial charge in [-0.1, -0.05) is 6.58 Å². The standard InChI is InChI=1S/C23H30N2O7/c1-10-29-19(26)16-17-15(11-14(12-24-17)13(2)3)30-18(16)25(20(27)31-22(4,5)6)21(28)32-23(7,8)9/h11-12H,2,10H2,1,3-9H3. The van der Waals surface area contributed by atoms with E-state index in [4.69, 9.17) is 18.6 Å². The molecule has 0 saturated heterocycles. The van der Waals surface area contributed by atoms with Gasteiger partial charge in [-0.05, 0) is 72.6 Å². The fourth-order valence-electron chi connectivity index (χ4n) is 2.60. The van der Waals surface area contributed by atoms with E-state index in [1.807, 2.05) is 0 Å². The van der Waals surface area contributed by atoms with E-state index >= 15 is 0 Å². The van der Waals surface area contributed by atoms with Gasteiger partial charge in [-0.3, -0.25) is 4.98 Å². The summed E-state index contributed by atoms with van der Waals surface area (Å²) in [5, 5.41) is 0. The van der Waals surface area contributed by atoms with Crippen molar-refractivity contribution in [1.82, 2.24) is 4.98 Å². The monoisotopic (exact) mass is 446 g/mol. The first-order chi connectivity index (χ1) is 14.6. The predicted molar refractivity (Wildman–Crippen MR) is 120 cm³/mol. The molecule has 174 valence electrons. The van der Waals surface area contributed by atoms with E-state index in [0.717, 1.165) is 0 Å². The minimum atomic E-state index is -1.07. The fourth-order valence-corrected chi connectivity index (χ4v) is 2.60. The first kappa shape index (κ1) is 24.9. The molecule has 0 fully saturated rings. The normalized spacial score (nSPS) is 11.8. The molecule has 0 radical (unpaired) electrons. The Morgan fingerprint density at radius 3 is 2.03 bits per heavy atom. The van der Waals surface area contributed by atoms with Crippen molar-refractivity contribution in [3.05, 3.63) is 30.0 Å². The maximum atomic E-state index is 13.0. The lowest BCUT2D eigenvalue weighted by Gasteiger charge is -2.27. The number of imide groups is 1. The SMILES string of the molecule is C=C(C)c1cnc2c(C(=O)OCC)c(N(C(=O)OC(C)(C)C)C(=O)OC(C)(C)C)oc2c1. The lowest BCUT2D eigenvalue weighted by Crippen LogP contribution is -2.44. The molecule has 0 N–H and O–H groups in total. The molecule has 0 saturated carbocycles. The molecule has 32 heavy (non-hydrogen) atoms. The maximum Gasteiger partial charge on any atom is 0.427 e. The molecule has 0 aromatic carbocycles. The largest absolute Gasteiger partial charge is 0.462 e. The molecule has 9 nitrogen and oxygen atoms in total. The van der Waals surface area contributed by atoms with Crippen LogP contribution < -0.4 is 4.90 Å². The number of furan rings is 1. The summed E-state index contributed by atoms with van der Waals surface area (Å²) in [4.78, 5) is 43.7. The van der Waals surface area contributed by atoms with E-state index in [2.05, 4.69) is 11.6 Å². The minimum Gasteiger partial charge on any atom is -0.462 e. The minimum absolute atomic E-state index is 0.0632. The van der Waals surface area contributed by atoms with Crippen molar-refractivity contribution in [2.24, 2.45) is 0 Å². The number of hydrogen-bond donors (Lipinski definition) is 0. The molecular formula is C23H30N2O7. The number of esters is 1. The van der Waals surface area contributed by atoms with Crippen LogP contribution in [0, 0.1) is 0 Å². The highest BCUT2D eigenvalue weighted by Gasteiger charge is 2.39. The van der Waals surface area contributed by atoms with Crippen LogP contribution in [0.5, 0.6) is 0 Å². The van der Waals surface area contributed by atoms with Gasteiger partial charge in [0.2, 0.25) is 5.88 Å². The second-order valence-electron chi connectivity index (χ2n) is 9.15. The van der Waals surface area contributed by atoms with Crippen LogP contribution in [-0.2, 0) is 14.2 Å². The Kier molecular flexibility index (Phi) is 7.02. The summed E-state index contributed by atoms with van der Waals surface area (Å²) in [7, 11) is 0. The number of nitrogens with zero attached hydrogens (tertiary/aromatic N) is 2. The van der Waals surface area contributed by atoms with Gasteiger partial charge in [0.25, 0.3) is 0 Å². The van der Waals surface area contributed by atoms with Crippen LogP contribution in [0.15, 0.2) is 23.3 Å². The first-order valence-corrected chi connectivity index (χ1v) is 10.2. The molecular weight excluding hydrogens is 416 g/mol. The van der Waals surface area contributed by atoms with Crippen molar-refractivity contribution in [2.45, 2.75) is 66.6 Å². The molecule has 2 aromatic rings. The van der Waals surface area contributed by atoms with Crippen molar-refractivity contribution in [1.29, 1.82) is 0 Å². The maximum absolute atomic E-state index is 13.0. The van der Waals surface area contributed by atoms with Gasteiger partial charge in [-0.15, -0.1) is 4.90 Å². The first-order valence-electron chi connectivity index (χ1n) is 10.2. The van der Waals surface area contributed by atoms with E-state index in [0.29, 0.717) is 16.0 Å². The highest BCUT2D eigenvalue weighted by molar-refractivity contribution is 6.16. The van der Waals surface area contributed by atoms with Crippen molar-refractivity contribution >= 4 is 40.7 Å². The zero-order chi connectivity index (χ0) is 24.4. The van der Waals surface area contributed by atoms with Gasteiger partial charge >= 0.3 is 18.2 Å². The number of carbonyl (C=O) groups excluding carboxylic acids is 3. The summed E-state index contributed by atoms with van der Waals surface area (Å²) in [6, 6.07) is 1.61. The number of amides is 2. The Bertz CT molecular complexity index is 1030. The van der Waals surface area contributed by atoms with Gasteiger partial charge in [-0.2, -0.15) is 0 Å². The zero-order valence-corrected chi connectivity index (χ0v) is 19.8. The third-order valence-corrected chi connectivity index (χ3v) is 3.84. The molecule has 0 aliphatic carbocycles. The number of rotatable bonds is 4. The third kappa shape index (κ3) is 5.87. The van der Waals surface area contributed by atoms with Crippen molar-refractivity contribution < 1.29 is 33.0 Å². The van der Waals surface area contributed by atoms with Gasteiger partial charge in [0.15, 0.2) is 11.1 Å². The van der Waals surface area contributed by atoms with Crippen LogP contribution in [0.1, 0.15) is 71.3 Å². The highest BCUT2D eigenvalue weighted by Crippen LogP contribution is 2.35. The van der Waals surface area contributed by atoms with Gasteiger partial charge < -0.3 is 18.6 Å². The van der Waals surface area contributed by atoms with E-state index in [1.165, 1.54) is 6.20 Å². The molecule has 0 aliphatic rings. The number of hydrogen-bond acceptors (Lipinski definition) is 8. The molecule has 0 bridgehead atoms. The predicted octanol–water partition coefficient (Wildman–Crippen LogP) is 5.71. The van der Waals surface area contributed by atoms with Crippen LogP contribution >= 0.6 is 0 Å². The van der Waals surface area contributed by atoms with Crippen molar-refractivity contribution in [3.63, 3.8) is 0 Å². The van der Waals surface area contributed by atoms with Crippen molar-refractivity contribution in [2.75, 3.05) is 11.5 Å². The van der Waals surface area contributed by atoms with Crippen LogP contribution in [0.4, 0.5) is 15.5 Å². The summed E-state index contributed by atoms with van der Waals surface area (Å²) in [6.45, 7) is 17.2. The van der Waals surface area contributed by atoms with E-state index in [9.17, 15) is 14.4 Å². The molecule has 9 heteroatoms. The second-order valence-corrected chi connectivity index (χ2v) is 9.15. The van der Waals surface area contributed by atoms with Crippen LogP contribution in [0.2, 0.25) is 0 Å². The fraction of sp³-hybridized carbons (Fsp3) is 0.478. The average molecular weight is 447 g/mol. The van der Waals surface area contributed by atoms with Crippen LogP contribution in [0.3, 0.4) is 0 Å². The van der Waals surface area contributed by atoms with E-state index in [-0.39, 0.29) is 23.3 Å². The number of anilines is 1. The molecule has 2 heterocycles. The molecule has 0 unspecified atom stereocenters. The van der Waals surface area contributed by atoms with E-state index < -0.39 is 35.2 Å². The number of pyridine rings is 1. The number of carbonyl (C=O) groups is 3. The van der Waals surface area contributed by atoms with Crippen molar-refractivity contribution in [3.8, 4) is 0 Å². The molecule has 0 atom stereocenters. The smallest absolute Gasteiger partial charge is 0.427 e. The molecule has 2 rings (SSSR count). The summed E-state index contributed by atoms with van der Waals surface area (Å²) >= 11 is 0. The lowest BCUT2D eigenvalue weighted by atomic mass is 10.1. The Balaban J connectivity index is 2.77. The van der Waals surface area contributed by atoms with Gasteiger partial charge in [-0.25, -0.2) is 14.4 Å². The summed E-state index contributed by atoms with van der Waals surface area (Å²) in [5.41, 5.74) is -0.383. The van der Waals surface area contributed by atoms with E-state index in [1.54, 1.807) is 61.5 Å². The van der Waals surface area contributed by atoms with Gasteiger partial charge in [0, 0.05) is 6.20 Å². The van der Waals surface area contributed by atoms with Crippen LogP contribution in [0.25, 0.3) is 16.7 Å². The summed E-state index contributed by atoms with van der Waals surface area (Å²) in [5.74, 6) is -1.21. The number of allylic oxidation sites excluding steroid dienone is 1. The van der Waals surface area contributed by atoms with Gasteiger partial charge in [0.1, 0.15) is 16.7 Å². The third-order valence-electron chi connectivity index (χ3n) is 3.84. The molecule has 2 aromatic heterocycles.